The molecule has 1 unspecified atom stereocenters. The lowest BCUT2D eigenvalue weighted by Gasteiger charge is -2.38. The number of carbonyl (C=O) groups excluding carboxylic acids is 1. The first kappa shape index (κ1) is 25.7. The Labute approximate surface area is 236 Å². The molecule has 3 atom stereocenters. The van der Waals surface area contributed by atoms with E-state index in [0.29, 0.717) is 17.2 Å². The molecule has 3 aliphatic heterocycles. The Kier molecular flexibility index (Phi) is 7.04. The van der Waals surface area contributed by atoms with Gasteiger partial charge in [0.15, 0.2) is 0 Å². The Morgan fingerprint density at radius 1 is 0.825 bits per heavy atom. The van der Waals surface area contributed by atoms with Crippen molar-refractivity contribution in [3.8, 4) is 22.8 Å². The fraction of sp³-hybridized carbons (Fsp3) is 0.455. The Morgan fingerprint density at radius 3 is 2.12 bits per heavy atom. The van der Waals surface area contributed by atoms with E-state index in [-0.39, 0.29) is 0 Å². The van der Waals surface area contributed by atoms with Crippen molar-refractivity contribution in [3.63, 3.8) is 0 Å². The summed E-state index contributed by atoms with van der Waals surface area (Å²) in [5, 5.41) is 3.43. The molecule has 0 radical (unpaired) electrons. The van der Waals surface area contributed by atoms with Gasteiger partial charge in [-0.3, -0.25) is 14.7 Å². The standard InChI is InChI=1S/C33H39N5O2/c34-33(39)30-10-11-31(36-32(30)23-6-8-29(9-7-23)40-28-4-2-1-3-5-28)22-12-14-37(15-13-22)26-16-24-20-38(21-25(24)17-26)27-18-35-19-27/h1-11,22,24-27,35H,12-21H2,(H2,34,39)/t24-,25+,26?. The number of benzene rings is 2. The second kappa shape index (κ2) is 11.0. The molecule has 0 bridgehead atoms. The third kappa shape index (κ3) is 5.14. The topological polar surface area (TPSA) is 83.7 Å². The second-order valence-corrected chi connectivity index (χ2v) is 12.2. The molecule has 4 heterocycles. The molecule has 7 heteroatoms. The number of pyridine rings is 1. The number of carbonyl (C=O) groups is 1. The number of amides is 1. The van der Waals surface area contributed by atoms with Gasteiger partial charge in [0.25, 0.3) is 5.91 Å². The smallest absolute Gasteiger partial charge is 0.250 e. The van der Waals surface area contributed by atoms with Gasteiger partial charge in [-0.05, 0) is 99.1 Å². The van der Waals surface area contributed by atoms with E-state index in [0.717, 1.165) is 72.6 Å². The number of aromatic nitrogens is 1. The van der Waals surface area contributed by atoms with Crippen molar-refractivity contribution in [1.82, 2.24) is 20.1 Å². The summed E-state index contributed by atoms with van der Waals surface area (Å²) in [5.74, 6) is 3.25. The third-order valence-electron chi connectivity index (χ3n) is 9.78. The zero-order valence-corrected chi connectivity index (χ0v) is 23.0. The Morgan fingerprint density at radius 2 is 1.50 bits per heavy atom. The summed E-state index contributed by atoms with van der Waals surface area (Å²) in [4.78, 5) is 22.8. The number of likely N-dealkylation sites (tertiary alicyclic amines) is 2. The quantitative estimate of drug-likeness (QED) is 0.462. The van der Waals surface area contributed by atoms with E-state index in [9.17, 15) is 4.79 Å². The van der Waals surface area contributed by atoms with Crippen LogP contribution < -0.4 is 15.8 Å². The van der Waals surface area contributed by atoms with E-state index in [2.05, 4.69) is 15.1 Å². The molecule has 2 aromatic carbocycles. The molecule has 4 aliphatic rings. The molecule has 3 saturated heterocycles. The molecule has 3 N–H and O–H groups in total. The lowest BCUT2D eigenvalue weighted by Crippen LogP contribution is -2.56. The van der Waals surface area contributed by atoms with E-state index >= 15 is 0 Å². The Hall–Kier alpha value is -3.26. The van der Waals surface area contributed by atoms with Gasteiger partial charge < -0.3 is 20.7 Å². The summed E-state index contributed by atoms with van der Waals surface area (Å²) in [6, 6.07) is 22.9. The first-order chi connectivity index (χ1) is 19.6. The highest BCUT2D eigenvalue weighted by Gasteiger charge is 2.45. The van der Waals surface area contributed by atoms with Crippen LogP contribution >= 0.6 is 0 Å². The second-order valence-electron chi connectivity index (χ2n) is 12.2. The van der Waals surface area contributed by atoms with Gasteiger partial charge in [-0.25, -0.2) is 0 Å². The number of primary amides is 1. The van der Waals surface area contributed by atoms with Gasteiger partial charge in [0.2, 0.25) is 0 Å². The molecule has 7 nitrogen and oxygen atoms in total. The van der Waals surface area contributed by atoms with Crippen molar-refractivity contribution in [1.29, 1.82) is 0 Å². The van der Waals surface area contributed by atoms with Gasteiger partial charge in [-0.1, -0.05) is 18.2 Å². The van der Waals surface area contributed by atoms with Crippen LogP contribution in [0, 0.1) is 11.8 Å². The number of nitrogens with zero attached hydrogens (tertiary/aromatic N) is 3. The molecule has 7 rings (SSSR count). The number of rotatable bonds is 7. The third-order valence-corrected chi connectivity index (χ3v) is 9.78. The fourth-order valence-electron chi connectivity index (χ4n) is 7.42. The van der Waals surface area contributed by atoms with Gasteiger partial charge in [-0.15, -0.1) is 0 Å². The van der Waals surface area contributed by atoms with Crippen LogP contribution in [0.1, 0.15) is 47.7 Å². The van der Waals surface area contributed by atoms with Crippen LogP contribution in [0.5, 0.6) is 11.5 Å². The predicted octanol–water partition coefficient (Wildman–Crippen LogP) is 4.50. The predicted molar refractivity (Wildman–Crippen MR) is 156 cm³/mol. The number of nitrogens with two attached hydrogens (primary N) is 1. The molecule has 1 amide bonds. The van der Waals surface area contributed by atoms with E-state index < -0.39 is 5.91 Å². The van der Waals surface area contributed by atoms with Gasteiger partial charge >= 0.3 is 0 Å². The van der Waals surface area contributed by atoms with E-state index in [1.54, 1.807) is 0 Å². The van der Waals surface area contributed by atoms with Crippen LogP contribution in [0.2, 0.25) is 0 Å². The maximum Gasteiger partial charge on any atom is 0.250 e. The largest absolute Gasteiger partial charge is 0.457 e. The molecule has 0 spiro atoms. The zero-order valence-electron chi connectivity index (χ0n) is 23.0. The van der Waals surface area contributed by atoms with Gasteiger partial charge in [0.1, 0.15) is 11.5 Å². The van der Waals surface area contributed by atoms with Crippen molar-refractivity contribution in [2.75, 3.05) is 39.3 Å². The molecule has 4 fully saturated rings. The molecule has 40 heavy (non-hydrogen) atoms. The van der Waals surface area contributed by atoms with Crippen LogP contribution in [0.15, 0.2) is 66.7 Å². The molecule has 1 saturated carbocycles. The number of nitrogens with one attached hydrogen (secondary N) is 1. The first-order valence-corrected chi connectivity index (χ1v) is 14.9. The summed E-state index contributed by atoms with van der Waals surface area (Å²) in [7, 11) is 0. The van der Waals surface area contributed by atoms with Crippen LogP contribution in [-0.2, 0) is 0 Å². The highest BCUT2D eigenvalue weighted by atomic mass is 16.5. The van der Waals surface area contributed by atoms with Crippen LogP contribution in [-0.4, -0.2) is 72.0 Å². The van der Waals surface area contributed by atoms with E-state index in [1.165, 1.54) is 39.0 Å². The van der Waals surface area contributed by atoms with Crippen LogP contribution in [0.25, 0.3) is 11.3 Å². The van der Waals surface area contributed by atoms with Crippen molar-refractivity contribution >= 4 is 5.91 Å². The van der Waals surface area contributed by atoms with Crippen molar-refractivity contribution in [3.05, 3.63) is 78.0 Å². The monoisotopic (exact) mass is 537 g/mol. The van der Waals surface area contributed by atoms with E-state index in [4.69, 9.17) is 15.5 Å². The number of piperidine rings is 1. The van der Waals surface area contributed by atoms with Gasteiger partial charge in [0.05, 0.1) is 11.3 Å². The minimum Gasteiger partial charge on any atom is -0.457 e. The summed E-state index contributed by atoms with van der Waals surface area (Å²) >= 11 is 0. The maximum absolute atomic E-state index is 12.3. The van der Waals surface area contributed by atoms with Crippen molar-refractivity contribution < 1.29 is 9.53 Å². The van der Waals surface area contributed by atoms with Crippen LogP contribution in [0.4, 0.5) is 0 Å². The van der Waals surface area contributed by atoms with Gasteiger partial charge in [-0.2, -0.15) is 0 Å². The maximum atomic E-state index is 12.3. The van der Waals surface area contributed by atoms with E-state index in [1.807, 2.05) is 66.7 Å². The SMILES string of the molecule is NC(=O)c1ccc(C2CCN(C3C[C@@H]4CN(C5CNC5)C[C@@H]4C3)CC2)nc1-c1ccc(Oc2ccccc2)cc1. The highest BCUT2D eigenvalue weighted by Crippen LogP contribution is 2.42. The summed E-state index contributed by atoms with van der Waals surface area (Å²) < 4.78 is 5.94. The average Bonchev–Trinajstić information content (AvgIpc) is 3.52. The number of ether oxygens (including phenoxy) is 1. The molecule has 3 aromatic rings. The summed E-state index contributed by atoms with van der Waals surface area (Å²) in [6.07, 6.45) is 4.95. The van der Waals surface area contributed by atoms with Crippen LogP contribution in [0.3, 0.4) is 0 Å². The minimum absolute atomic E-state index is 0.403. The van der Waals surface area contributed by atoms with Crippen molar-refractivity contribution in [2.45, 2.75) is 43.7 Å². The number of hydrogen-bond acceptors (Lipinski definition) is 6. The lowest BCUT2D eigenvalue weighted by molar-refractivity contribution is 0.100. The minimum atomic E-state index is -0.451. The molecular weight excluding hydrogens is 498 g/mol. The molecular formula is C33H39N5O2. The number of fused-ring (bicyclic) bond motifs is 1. The summed E-state index contributed by atoms with van der Waals surface area (Å²) in [6.45, 7) is 7.24. The first-order valence-electron chi connectivity index (χ1n) is 14.9. The number of hydrogen-bond donors (Lipinski definition) is 2. The molecule has 1 aromatic heterocycles. The summed E-state index contributed by atoms with van der Waals surface area (Å²) in [5.41, 5.74) is 8.82. The Bertz CT molecular complexity index is 1320. The zero-order chi connectivity index (χ0) is 27.1. The normalized spacial score (nSPS) is 25.9. The fourth-order valence-corrected chi connectivity index (χ4v) is 7.42. The highest BCUT2D eigenvalue weighted by molar-refractivity contribution is 5.98. The molecule has 1 aliphatic carbocycles. The molecule has 208 valence electrons. The Balaban J connectivity index is 1.00. The van der Waals surface area contributed by atoms with Gasteiger partial charge in [0, 0.05) is 55.4 Å². The number of para-hydroxylation sites is 1. The van der Waals surface area contributed by atoms with Crippen molar-refractivity contribution in [2.24, 2.45) is 17.6 Å². The average molecular weight is 538 g/mol. The lowest BCUT2D eigenvalue weighted by atomic mass is 9.90.